The Morgan fingerprint density at radius 1 is 1.38 bits per heavy atom. The first-order valence-electron chi connectivity index (χ1n) is 6.40. The Balaban J connectivity index is 1.78. The minimum atomic E-state index is -0.0650. The maximum atomic E-state index is 12.1. The molecule has 0 aromatic carbocycles. The molecule has 2 heterocycles. The summed E-state index contributed by atoms with van der Waals surface area (Å²) >= 11 is 0. The first kappa shape index (κ1) is 11.9. The molecular formula is C12H22N2O2. The zero-order chi connectivity index (χ0) is 11.4. The van der Waals surface area contributed by atoms with Gasteiger partial charge in [0.25, 0.3) is 0 Å². The van der Waals surface area contributed by atoms with Crippen LogP contribution >= 0.6 is 0 Å². The average Bonchev–Trinajstić information content (AvgIpc) is 2.82. The van der Waals surface area contributed by atoms with E-state index in [9.17, 15) is 4.79 Å². The van der Waals surface area contributed by atoms with E-state index in [1.54, 1.807) is 0 Å². The number of rotatable bonds is 3. The fourth-order valence-corrected chi connectivity index (χ4v) is 2.48. The highest BCUT2D eigenvalue weighted by molar-refractivity contribution is 5.81. The molecule has 0 aromatic rings. The van der Waals surface area contributed by atoms with Gasteiger partial charge in [0.2, 0.25) is 5.91 Å². The van der Waals surface area contributed by atoms with Crippen molar-refractivity contribution in [3.8, 4) is 0 Å². The van der Waals surface area contributed by atoms with E-state index in [0.717, 1.165) is 45.6 Å². The first-order chi connectivity index (χ1) is 7.77. The SMILES string of the molecule is CC(NC1CCOC1)C(=O)N1CCCCC1. The second-order valence-electron chi connectivity index (χ2n) is 4.83. The second kappa shape index (κ2) is 5.64. The molecule has 0 bridgehead atoms. The Bertz CT molecular complexity index is 233. The van der Waals surface area contributed by atoms with E-state index in [-0.39, 0.29) is 11.9 Å². The third kappa shape index (κ3) is 2.95. The molecule has 16 heavy (non-hydrogen) atoms. The van der Waals surface area contributed by atoms with Crippen molar-refractivity contribution in [3.63, 3.8) is 0 Å². The van der Waals surface area contributed by atoms with E-state index < -0.39 is 0 Å². The molecule has 1 amide bonds. The Morgan fingerprint density at radius 2 is 2.12 bits per heavy atom. The van der Waals surface area contributed by atoms with E-state index in [4.69, 9.17) is 4.74 Å². The molecule has 0 radical (unpaired) electrons. The molecule has 4 nitrogen and oxygen atoms in total. The number of hydrogen-bond donors (Lipinski definition) is 1. The second-order valence-corrected chi connectivity index (χ2v) is 4.83. The Morgan fingerprint density at radius 3 is 2.75 bits per heavy atom. The van der Waals surface area contributed by atoms with Crippen molar-refractivity contribution in [1.82, 2.24) is 10.2 Å². The van der Waals surface area contributed by atoms with Gasteiger partial charge in [-0.25, -0.2) is 0 Å². The molecule has 0 saturated carbocycles. The summed E-state index contributed by atoms with van der Waals surface area (Å²) in [6, 6.07) is 0.300. The van der Waals surface area contributed by atoms with Gasteiger partial charge in [-0.05, 0) is 32.6 Å². The molecule has 1 N–H and O–H groups in total. The quantitative estimate of drug-likeness (QED) is 0.772. The van der Waals surface area contributed by atoms with Crippen molar-refractivity contribution in [2.45, 2.75) is 44.7 Å². The zero-order valence-electron chi connectivity index (χ0n) is 10.1. The number of ether oxygens (including phenoxy) is 1. The van der Waals surface area contributed by atoms with Crippen LogP contribution in [0.25, 0.3) is 0 Å². The number of nitrogens with zero attached hydrogens (tertiary/aromatic N) is 1. The van der Waals surface area contributed by atoms with Crippen molar-refractivity contribution >= 4 is 5.91 Å². The topological polar surface area (TPSA) is 41.6 Å². The van der Waals surface area contributed by atoms with Gasteiger partial charge in [-0.1, -0.05) is 0 Å². The maximum Gasteiger partial charge on any atom is 0.239 e. The highest BCUT2D eigenvalue weighted by Crippen LogP contribution is 2.11. The Kier molecular flexibility index (Phi) is 4.18. The molecule has 2 aliphatic rings. The molecule has 0 spiro atoms. The number of hydrogen-bond acceptors (Lipinski definition) is 3. The van der Waals surface area contributed by atoms with Crippen molar-refractivity contribution in [3.05, 3.63) is 0 Å². The minimum absolute atomic E-state index is 0.0650. The van der Waals surface area contributed by atoms with E-state index in [2.05, 4.69) is 5.32 Å². The van der Waals surface area contributed by atoms with Gasteiger partial charge in [-0.2, -0.15) is 0 Å². The molecule has 92 valence electrons. The summed E-state index contributed by atoms with van der Waals surface area (Å²) in [4.78, 5) is 14.1. The number of piperidine rings is 1. The molecule has 0 aromatic heterocycles. The van der Waals surface area contributed by atoms with Crippen LogP contribution in [0.1, 0.15) is 32.6 Å². The predicted molar refractivity (Wildman–Crippen MR) is 62.3 cm³/mol. The molecule has 2 rings (SSSR count). The smallest absolute Gasteiger partial charge is 0.239 e. The highest BCUT2D eigenvalue weighted by atomic mass is 16.5. The number of amides is 1. The molecule has 2 unspecified atom stereocenters. The van der Waals surface area contributed by atoms with Crippen LogP contribution in [-0.4, -0.2) is 49.2 Å². The third-order valence-electron chi connectivity index (χ3n) is 3.45. The van der Waals surface area contributed by atoms with Gasteiger partial charge < -0.3 is 15.0 Å². The van der Waals surface area contributed by atoms with Gasteiger partial charge in [0.15, 0.2) is 0 Å². The van der Waals surface area contributed by atoms with Crippen molar-refractivity contribution < 1.29 is 9.53 Å². The molecule has 2 fully saturated rings. The van der Waals surface area contributed by atoms with Crippen molar-refractivity contribution in [2.24, 2.45) is 0 Å². The fraction of sp³-hybridized carbons (Fsp3) is 0.917. The molecule has 2 saturated heterocycles. The van der Waals surface area contributed by atoms with Crippen LogP contribution < -0.4 is 5.32 Å². The number of nitrogens with one attached hydrogen (secondary N) is 1. The largest absolute Gasteiger partial charge is 0.380 e. The standard InChI is InChI=1S/C12H22N2O2/c1-10(13-11-5-8-16-9-11)12(15)14-6-3-2-4-7-14/h10-11,13H,2-9H2,1H3. The van der Waals surface area contributed by atoms with E-state index in [0.29, 0.717) is 6.04 Å². The van der Waals surface area contributed by atoms with Crippen LogP contribution in [0.15, 0.2) is 0 Å². The van der Waals surface area contributed by atoms with E-state index >= 15 is 0 Å². The van der Waals surface area contributed by atoms with Gasteiger partial charge >= 0.3 is 0 Å². The predicted octanol–water partition coefficient (Wildman–Crippen LogP) is 0.766. The average molecular weight is 226 g/mol. The van der Waals surface area contributed by atoms with Crippen molar-refractivity contribution in [1.29, 1.82) is 0 Å². The summed E-state index contributed by atoms with van der Waals surface area (Å²) in [5, 5.41) is 3.36. The lowest BCUT2D eigenvalue weighted by atomic mass is 10.1. The van der Waals surface area contributed by atoms with E-state index in [1.807, 2.05) is 11.8 Å². The lowest BCUT2D eigenvalue weighted by molar-refractivity contribution is -0.134. The Hall–Kier alpha value is -0.610. The van der Waals surface area contributed by atoms with Gasteiger partial charge in [-0.3, -0.25) is 4.79 Å². The monoisotopic (exact) mass is 226 g/mol. The van der Waals surface area contributed by atoms with Gasteiger partial charge in [-0.15, -0.1) is 0 Å². The summed E-state index contributed by atoms with van der Waals surface area (Å²) in [5.41, 5.74) is 0. The zero-order valence-corrected chi connectivity index (χ0v) is 10.1. The fourth-order valence-electron chi connectivity index (χ4n) is 2.48. The maximum absolute atomic E-state index is 12.1. The molecule has 4 heteroatoms. The lowest BCUT2D eigenvalue weighted by Crippen LogP contribution is -2.49. The number of carbonyl (C=O) groups excluding carboxylic acids is 1. The van der Waals surface area contributed by atoms with Crippen LogP contribution in [-0.2, 0) is 9.53 Å². The lowest BCUT2D eigenvalue weighted by Gasteiger charge is -2.30. The highest BCUT2D eigenvalue weighted by Gasteiger charge is 2.25. The summed E-state index contributed by atoms with van der Waals surface area (Å²) in [5.74, 6) is 0.256. The van der Waals surface area contributed by atoms with Gasteiger partial charge in [0.1, 0.15) is 0 Å². The van der Waals surface area contributed by atoms with Crippen LogP contribution in [0.4, 0.5) is 0 Å². The summed E-state index contributed by atoms with van der Waals surface area (Å²) < 4.78 is 5.30. The Labute approximate surface area is 97.3 Å². The van der Waals surface area contributed by atoms with Crippen LogP contribution in [0.2, 0.25) is 0 Å². The minimum Gasteiger partial charge on any atom is -0.380 e. The molecule has 0 aliphatic carbocycles. The number of likely N-dealkylation sites (tertiary alicyclic amines) is 1. The van der Waals surface area contributed by atoms with Crippen LogP contribution in [0.5, 0.6) is 0 Å². The third-order valence-corrected chi connectivity index (χ3v) is 3.45. The molecule has 2 atom stereocenters. The summed E-state index contributed by atoms with van der Waals surface area (Å²) in [6.07, 6.45) is 4.61. The summed E-state index contributed by atoms with van der Waals surface area (Å²) in [7, 11) is 0. The van der Waals surface area contributed by atoms with Gasteiger partial charge in [0.05, 0.1) is 12.6 Å². The normalized spacial score (nSPS) is 28.1. The van der Waals surface area contributed by atoms with Crippen LogP contribution in [0, 0.1) is 0 Å². The first-order valence-corrected chi connectivity index (χ1v) is 6.40. The summed E-state index contributed by atoms with van der Waals surface area (Å²) in [6.45, 7) is 5.41. The molecular weight excluding hydrogens is 204 g/mol. The van der Waals surface area contributed by atoms with Gasteiger partial charge in [0, 0.05) is 25.7 Å². The van der Waals surface area contributed by atoms with E-state index in [1.165, 1.54) is 6.42 Å². The van der Waals surface area contributed by atoms with Crippen molar-refractivity contribution in [2.75, 3.05) is 26.3 Å². The van der Waals surface area contributed by atoms with Crippen LogP contribution in [0.3, 0.4) is 0 Å². The molecule has 2 aliphatic heterocycles. The number of carbonyl (C=O) groups is 1.